The van der Waals surface area contributed by atoms with Gasteiger partial charge in [0.15, 0.2) is 5.78 Å². The number of aromatic nitrogens is 2. The van der Waals surface area contributed by atoms with Crippen molar-refractivity contribution in [3.63, 3.8) is 0 Å². The van der Waals surface area contributed by atoms with E-state index in [2.05, 4.69) is 23.1 Å². The van der Waals surface area contributed by atoms with Crippen LogP contribution in [0.15, 0.2) is 54.6 Å². The molecule has 2 fully saturated rings. The molecule has 2 aromatic carbocycles. The molecule has 0 radical (unpaired) electrons. The van der Waals surface area contributed by atoms with Gasteiger partial charge in [0, 0.05) is 18.7 Å². The van der Waals surface area contributed by atoms with Crippen molar-refractivity contribution in [3.8, 4) is 22.7 Å². The Labute approximate surface area is 206 Å². The van der Waals surface area contributed by atoms with Gasteiger partial charge in [-0.3, -0.25) is 4.79 Å². The summed E-state index contributed by atoms with van der Waals surface area (Å²) >= 11 is 0. The summed E-state index contributed by atoms with van der Waals surface area (Å²) in [7, 11) is 0. The van der Waals surface area contributed by atoms with Gasteiger partial charge in [-0.05, 0) is 70.4 Å². The summed E-state index contributed by atoms with van der Waals surface area (Å²) in [5, 5.41) is 15.1. The zero-order valence-electron chi connectivity index (χ0n) is 20.6. The van der Waals surface area contributed by atoms with Crippen molar-refractivity contribution in [2.75, 3.05) is 18.0 Å². The van der Waals surface area contributed by atoms with E-state index >= 15 is 0 Å². The zero-order chi connectivity index (χ0) is 24.6. The van der Waals surface area contributed by atoms with Crippen molar-refractivity contribution >= 4 is 11.5 Å². The molecular weight excluding hydrogens is 442 g/mol. The molecule has 0 amide bonds. The first kappa shape index (κ1) is 23.6. The first-order chi connectivity index (χ1) is 16.8. The number of ether oxygens (including phenoxy) is 2. The normalized spacial score (nSPS) is 18.2. The number of hydrogen-bond donors (Lipinski definition) is 1. The van der Waals surface area contributed by atoms with Gasteiger partial charge in [-0.25, -0.2) is 4.68 Å². The second-order valence-corrected chi connectivity index (χ2v) is 10.0. The van der Waals surface area contributed by atoms with E-state index in [1.165, 1.54) is 6.92 Å². The Hall–Kier alpha value is -3.16. The quantitative estimate of drug-likeness (QED) is 0.490. The Morgan fingerprint density at radius 2 is 1.86 bits per heavy atom. The summed E-state index contributed by atoms with van der Waals surface area (Å²) in [4.78, 5) is 14.2. The number of ketones is 1. The number of anilines is 1. The molecule has 0 spiro atoms. The minimum Gasteiger partial charge on any atom is -0.490 e. The van der Waals surface area contributed by atoms with Gasteiger partial charge in [-0.2, -0.15) is 5.10 Å². The number of aliphatic hydroxyl groups excluding tert-OH is 1. The lowest BCUT2D eigenvalue weighted by molar-refractivity contribution is -0.139. The van der Waals surface area contributed by atoms with Crippen LogP contribution in [0.5, 0.6) is 5.75 Å². The van der Waals surface area contributed by atoms with Gasteiger partial charge in [0.2, 0.25) is 0 Å². The van der Waals surface area contributed by atoms with E-state index in [0.717, 1.165) is 59.9 Å². The standard InChI is InChI=1S/C28H33N3O4/c1-19(32)28(2,3)34-18-21-16-27(20-7-6-8-24(15-20)35-23-11-12-23)31(29-21)26-10-5-4-9-25(26)30-14-13-22(33)17-30/h4-10,15-16,22-23,33H,11-14,17-18H2,1-3H3/t22-/m0/s1. The number of para-hydroxylation sites is 2. The number of aliphatic hydroxyl groups is 1. The molecule has 2 aliphatic rings. The van der Waals surface area contributed by atoms with Crippen molar-refractivity contribution in [2.24, 2.45) is 0 Å². The molecule has 5 rings (SSSR count). The van der Waals surface area contributed by atoms with E-state index < -0.39 is 5.60 Å². The van der Waals surface area contributed by atoms with Crippen molar-refractivity contribution in [1.29, 1.82) is 0 Å². The van der Waals surface area contributed by atoms with Gasteiger partial charge < -0.3 is 19.5 Å². The summed E-state index contributed by atoms with van der Waals surface area (Å²) in [6.07, 6.45) is 2.94. The maximum atomic E-state index is 12.0. The summed E-state index contributed by atoms with van der Waals surface area (Å²) in [5.74, 6) is 0.823. The van der Waals surface area contributed by atoms with E-state index in [0.29, 0.717) is 12.6 Å². The highest BCUT2D eigenvalue weighted by atomic mass is 16.5. The average molecular weight is 476 g/mol. The highest BCUT2D eigenvalue weighted by Gasteiger charge is 2.27. The molecule has 7 heteroatoms. The van der Waals surface area contributed by atoms with Crippen LogP contribution < -0.4 is 9.64 Å². The number of carbonyl (C=O) groups is 1. The second kappa shape index (κ2) is 9.47. The Bertz CT molecular complexity index is 1210. The molecule has 1 aliphatic heterocycles. The molecule has 3 aromatic rings. The predicted octanol–water partition coefficient (Wildman–Crippen LogP) is 4.54. The van der Waals surface area contributed by atoms with Crippen LogP contribution in [-0.4, -0.2) is 51.6 Å². The van der Waals surface area contributed by atoms with Crippen LogP contribution in [0, 0.1) is 0 Å². The van der Waals surface area contributed by atoms with Crippen LogP contribution in [0.25, 0.3) is 16.9 Å². The molecule has 2 heterocycles. The van der Waals surface area contributed by atoms with Crippen LogP contribution in [0.2, 0.25) is 0 Å². The molecule has 1 aromatic heterocycles. The van der Waals surface area contributed by atoms with E-state index in [4.69, 9.17) is 14.6 Å². The van der Waals surface area contributed by atoms with Gasteiger partial charge >= 0.3 is 0 Å². The van der Waals surface area contributed by atoms with Gasteiger partial charge in [0.1, 0.15) is 11.4 Å². The number of benzene rings is 2. The summed E-state index contributed by atoms with van der Waals surface area (Å²) < 4.78 is 13.9. The zero-order valence-corrected chi connectivity index (χ0v) is 20.6. The number of rotatable bonds is 9. The smallest absolute Gasteiger partial charge is 0.161 e. The van der Waals surface area contributed by atoms with E-state index in [1.54, 1.807) is 13.8 Å². The maximum Gasteiger partial charge on any atom is 0.161 e. The lowest BCUT2D eigenvalue weighted by Gasteiger charge is -2.22. The Kier molecular flexibility index (Phi) is 6.38. The lowest BCUT2D eigenvalue weighted by Crippen LogP contribution is -2.32. The molecular formula is C28H33N3O4. The Balaban J connectivity index is 1.55. The first-order valence-electron chi connectivity index (χ1n) is 12.3. The third-order valence-corrected chi connectivity index (χ3v) is 6.76. The van der Waals surface area contributed by atoms with Crippen molar-refractivity contribution in [2.45, 2.75) is 64.4 Å². The number of nitrogens with zero attached hydrogens (tertiary/aromatic N) is 3. The fourth-order valence-corrected chi connectivity index (χ4v) is 4.22. The third-order valence-electron chi connectivity index (χ3n) is 6.76. The molecule has 1 atom stereocenters. The van der Waals surface area contributed by atoms with Crippen LogP contribution in [0.4, 0.5) is 5.69 Å². The SMILES string of the molecule is CC(=O)C(C)(C)OCc1cc(-c2cccc(OC3CC3)c2)n(-c2ccccc2N2CC[C@H](O)C2)n1. The molecule has 0 bridgehead atoms. The lowest BCUT2D eigenvalue weighted by atomic mass is 10.1. The van der Waals surface area contributed by atoms with Crippen LogP contribution in [0.1, 0.15) is 45.7 Å². The molecule has 1 N–H and O–H groups in total. The highest BCUT2D eigenvalue weighted by molar-refractivity contribution is 5.84. The van der Waals surface area contributed by atoms with E-state index in [1.807, 2.05) is 41.1 Å². The van der Waals surface area contributed by atoms with E-state index in [9.17, 15) is 9.90 Å². The van der Waals surface area contributed by atoms with Crippen molar-refractivity contribution < 1.29 is 19.4 Å². The molecule has 1 saturated carbocycles. The van der Waals surface area contributed by atoms with Gasteiger partial charge in [0.25, 0.3) is 0 Å². The maximum absolute atomic E-state index is 12.0. The summed E-state index contributed by atoms with van der Waals surface area (Å²) in [5.41, 5.74) is 3.71. The fourth-order valence-electron chi connectivity index (χ4n) is 4.22. The second-order valence-electron chi connectivity index (χ2n) is 10.0. The van der Waals surface area contributed by atoms with Crippen LogP contribution in [-0.2, 0) is 16.1 Å². The van der Waals surface area contributed by atoms with Crippen LogP contribution >= 0.6 is 0 Å². The Morgan fingerprint density at radius 1 is 1.09 bits per heavy atom. The van der Waals surface area contributed by atoms with Gasteiger partial charge in [0.05, 0.1) is 41.6 Å². The van der Waals surface area contributed by atoms with E-state index in [-0.39, 0.29) is 18.5 Å². The molecule has 1 saturated heterocycles. The van der Waals surface area contributed by atoms with Crippen molar-refractivity contribution in [1.82, 2.24) is 9.78 Å². The minimum absolute atomic E-state index is 0.0278. The number of hydrogen-bond acceptors (Lipinski definition) is 6. The number of Topliss-reactive ketones (excluding diaryl/α,β-unsaturated/α-hetero) is 1. The molecule has 184 valence electrons. The highest BCUT2D eigenvalue weighted by Crippen LogP contribution is 2.34. The van der Waals surface area contributed by atoms with Gasteiger partial charge in [-0.1, -0.05) is 24.3 Å². The van der Waals surface area contributed by atoms with Crippen molar-refractivity contribution in [3.05, 3.63) is 60.3 Å². The minimum atomic E-state index is -0.883. The summed E-state index contributed by atoms with van der Waals surface area (Å²) in [6.45, 7) is 6.70. The first-order valence-corrected chi connectivity index (χ1v) is 12.3. The summed E-state index contributed by atoms with van der Waals surface area (Å²) in [6, 6.07) is 18.2. The largest absolute Gasteiger partial charge is 0.490 e. The molecule has 0 unspecified atom stereocenters. The molecule has 1 aliphatic carbocycles. The number of carbonyl (C=O) groups excluding carboxylic acids is 1. The Morgan fingerprint density at radius 3 is 2.54 bits per heavy atom. The van der Waals surface area contributed by atoms with Gasteiger partial charge in [-0.15, -0.1) is 0 Å². The molecule has 7 nitrogen and oxygen atoms in total. The number of β-amino-alcohol motifs (C(OH)–C–C–N with tert-alkyl or cyclic N) is 1. The monoisotopic (exact) mass is 475 g/mol. The average Bonchev–Trinajstić information content (AvgIpc) is 3.38. The fraction of sp³-hybridized carbons (Fsp3) is 0.429. The third kappa shape index (κ3) is 5.26. The molecule has 35 heavy (non-hydrogen) atoms. The predicted molar refractivity (Wildman–Crippen MR) is 135 cm³/mol. The van der Waals surface area contributed by atoms with Crippen LogP contribution in [0.3, 0.4) is 0 Å². The topological polar surface area (TPSA) is 76.8 Å².